The van der Waals surface area contributed by atoms with E-state index in [0.717, 1.165) is 28.4 Å². The van der Waals surface area contributed by atoms with Crippen LogP contribution in [0.3, 0.4) is 0 Å². The van der Waals surface area contributed by atoms with Crippen LogP contribution < -0.4 is 10.1 Å². The molecule has 0 bridgehead atoms. The van der Waals surface area contributed by atoms with Crippen molar-refractivity contribution in [2.24, 2.45) is 0 Å². The molecule has 0 radical (unpaired) electrons. The molecular weight excluding hydrogens is 318 g/mol. The van der Waals surface area contributed by atoms with Crippen LogP contribution in [0.2, 0.25) is 5.02 Å². The van der Waals surface area contributed by atoms with Gasteiger partial charge in [0.05, 0.1) is 6.61 Å². The zero-order valence-electron chi connectivity index (χ0n) is 13.4. The van der Waals surface area contributed by atoms with Crippen LogP contribution in [0, 0.1) is 0 Å². The molecule has 3 rings (SSSR count). The van der Waals surface area contributed by atoms with E-state index in [4.69, 9.17) is 16.3 Å². The average molecular weight is 338 g/mol. The molecule has 3 heteroatoms. The van der Waals surface area contributed by atoms with E-state index in [9.17, 15) is 0 Å². The van der Waals surface area contributed by atoms with Crippen molar-refractivity contribution in [3.8, 4) is 5.75 Å². The monoisotopic (exact) mass is 337 g/mol. The summed E-state index contributed by atoms with van der Waals surface area (Å²) >= 11 is 6.16. The summed E-state index contributed by atoms with van der Waals surface area (Å²) in [6, 6.07) is 26.2. The van der Waals surface area contributed by atoms with Crippen molar-refractivity contribution >= 4 is 17.3 Å². The fourth-order valence-corrected chi connectivity index (χ4v) is 2.64. The predicted molar refractivity (Wildman–Crippen MR) is 101 cm³/mol. The summed E-state index contributed by atoms with van der Waals surface area (Å²) < 4.78 is 5.80. The Balaban J connectivity index is 1.47. The van der Waals surface area contributed by atoms with Crippen LogP contribution in [0.15, 0.2) is 78.9 Å². The lowest BCUT2D eigenvalue weighted by atomic mass is 10.2. The average Bonchev–Trinajstić information content (AvgIpc) is 2.63. The molecule has 0 heterocycles. The molecule has 0 unspecified atom stereocenters. The first-order valence-corrected chi connectivity index (χ1v) is 8.43. The molecule has 2 nitrogen and oxygen atoms in total. The standard InChI is InChI=1S/C21H20ClNO/c22-21-9-5-4-8-18(21)16-23-19-10-12-20(13-11-19)24-15-14-17-6-2-1-3-7-17/h1-13,23H,14-16H2. The van der Waals surface area contributed by atoms with Gasteiger partial charge in [-0.1, -0.05) is 60.1 Å². The van der Waals surface area contributed by atoms with Gasteiger partial charge in [-0.25, -0.2) is 0 Å². The third-order valence-corrected chi connectivity index (χ3v) is 4.17. The van der Waals surface area contributed by atoms with Crippen molar-refractivity contribution in [2.75, 3.05) is 11.9 Å². The Morgan fingerprint density at radius 1 is 0.792 bits per heavy atom. The van der Waals surface area contributed by atoms with E-state index >= 15 is 0 Å². The van der Waals surface area contributed by atoms with E-state index in [-0.39, 0.29) is 0 Å². The SMILES string of the molecule is Clc1ccccc1CNc1ccc(OCCc2ccccc2)cc1. The highest BCUT2D eigenvalue weighted by Gasteiger charge is 2.00. The first-order valence-electron chi connectivity index (χ1n) is 8.05. The van der Waals surface area contributed by atoms with Crippen LogP contribution in [0.25, 0.3) is 0 Å². The Bertz CT molecular complexity index is 756. The minimum Gasteiger partial charge on any atom is -0.493 e. The molecule has 0 amide bonds. The number of halogens is 1. The zero-order chi connectivity index (χ0) is 16.6. The van der Waals surface area contributed by atoms with E-state index in [1.807, 2.05) is 54.6 Å². The molecule has 0 aliphatic rings. The molecule has 0 saturated heterocycles. The van der Waals surface area contributed by atoms with E-state index in [0.29, 0.717) is 13.2 Å². The Morgan fingerprint density at radius 2 is 1.50 bits per heavy atom. The number of ether oxygens (including phenoxy) is 1. The maximum atomic E-state index is 6.16. The lowest BCUT2D eigenvalue weighted by Crippen LogP contribution is -2.02. The van der Waals surface area contributed by atoms with Crippen molar-refractivity contribution in [3.05, 3.63) is 95.0 Å². The van der Waals surface area contributed by atoms with Gasteiger partial charge < -0.3 is 10.1 Å². The first-order chi connectivity index (χ1) is 11.8. The highest BCUT2D eigenvalue weighted by molar-refractivity contribution is 6.31. The van der Waals surface area contributed by atoms with Crippen LogP contribution >= 0.6 is 11.6 Å². The Labute approximate surface area is 148 Å². The molecule has 0 saturated carbocycles. The van der Waals surface area contributed by atoms with Crippen molar-refractivity contribution in [2.45, 2.75) is 13.0 Å². The molecule has 0 aliphatic heterocycles. The predicted octanol–water partition coefficient (Wildman–Crippen LogP) is 5.57. The quantitative estimate of drug-likeness (QED) is 0.608. The summed E-state index contributed by atoms with van der Waals surface area (Å²) in [4.78, 5) is 0. The summed E-state index contributed by atoms with van der Waals surface area (Å²) in [6.45, 7) is 1.38. The van der Waals surface area contributed by atoms with Crippen molar-refractivity contribution in [3.63, 3.8) is 0 Å². The van der Waals surface area contributed by atoms with E-state index in [1.54, 1.807) is 0 Å². The van der Waals surface area contributed by atoms with Crippen molar-refractivity contribution in [1.29, 1.82) is 0 Å². The second kappa shape index (κ2) is 8.42. The van der Waals surface area contributed by atoms with Crippen LogP contribution in [-0.2, 0) is 13.0 Å². The Morgan fingerprint density at radius 3 is 2.25 bits per heavy atom. The Hall–Kier alpha value is -2.45. The van der Waals surface area contributed by atoms with Crippen molar-refractivity contribution < 1.29 is 4.74 Å². The first kappa shape index (κ1) is 16.4. The van der Waals surface area contributed by atoms with E-state index in [2.05, 4.69) is 29.6 Å². The number of hydrogen-bond acceptors (Lipinski definition) is 2. The summed E-state index contributed by atoms with van der Waals surface area (Å²) in [5.74, 6) is 0.884. The molecular formula is C21H20ClNO. The zero-order valence-corrected chi connectivity index (χ0v) is 14.2. The van der Waals surface area contributed by atoms with Crippen LogP contribution in [0.1, 0.15) is 11.1 Å². The lowest BCUT2D eigenvalue weighted by Gasteiger charge is -2.10. The summed E-state index contributed by atoms with van der Waals surface area (Å²) in [5.41, 5.74) is 3.42. The molecule has 0 aromatic heterocycles. The fourth-order valence-electron chi connectivity index (χ4n) is 2.44. The molecule has 3 aromatic carbocycles. The fraction of sp³-hybridized carbons (Fsp3) is 0.143. The van der Waals surface area contributed by atoms with E-state index in [1.165, 1.54) is 5.56 Å². The number of rotatable bonds is 7. The van der Waals surface area contributed by atoms with Gasteiger partial charge in [-0.05, 0) is 41.5 Å². The summed E-state index contributed by atoms with van der Waals surface area (Å²) in [5, 5.41) is 4.15. The number of benzene rings is 3. The molecule has 0 spiro atoms. The molecule has 3 aromatic rings. The molecule has 24 heavy (non-hydrogen) atoms. The third-order valence-electron chi connectivity index (χ3n) is 3.80. The molecule has 122 valence electrons. The van der Waals surface area contributed by atoms with Crippen LogP contribution in [0.4, 0.5) is 5.69 Å². The minimum atomic E-state index is 0.677. The van der Waals surface area contributed by atoms with Gasteiger partial charge in [-0.15, -0.1) is 0 Å². The molecule has 0 atom stereocenters. The number of hydrogen-bond donors (Lipinski definition) is 1. The second-order valence-corrected chi connectivity index (χ2v) is 5.96. The number of anilines is 1. The summed E-state index contributed by atoms with van der Waals surface area (Å²) in [7, 11) is 0. The van der Waals surface area contributed by atoms with E-state index < -0.39 is 0 Å². The van der Waals surface area contributed by atoms with Gasteiger partial charge in [-0.2, -0.15) is 0 Å². The van der Waals surface area contributed by atoms with Crippen molar-refractivity contribution in [1.82, 2.24) is 0 Å². The third kappa shape index (κ3) is 4.77. The number of nitrogens with one attached hydrogen (secondary N) is 1. The van der Waals surface area contributed by atoms with Crippen LogP contribution in [-0.4, -0.2) is 6.61 Å². The normalized spacial score (nSPS) is 10.4. The van der Waals surface area contributed by atoms with Crippen LogP contribution in [0.5, 0.6) is 5.75 Å². The molecule has 1 N–H and O–H groups in total. The van der Waals surface area contributed by atoms with Gasteiger partial charge in [0, 0.05) is 23.7 Å². The highest BCUT2D eigenvalue weighted by Crippen LogP contribution is 2.19. The highest BCUT2D eigenvalue weighted by atomic mass is 35.5. The maximum absolute atomic E-state index is 6.16. The van der Waals surface area contributed by atoms with Gasteiger partial charge in [0.25, 0.3) is 0 Å². The van der Waals surface area contributed by atoms with Gasteiger partial charge in [0.1, 0.15) is 5.75 Å². The second-order valence-electron chi connectivity index (χ2n) is 5.55. The van der Waals surface area contributed by atoms with Gasteiger partial charge in [0.15, 0.2) is 0 Å². The van der Waals surface area contributed by atoms with Gasteiger partial charge >= 0.3 is 0 Å². The lowest BCUT2D eigenvalue weighted by molar-refractivity contribution is 0.322. The summed E-state index contributed by atoms with van der Waals surface area (Å²) in [6.07, 6.45) is 0.910. The Kier molecular flexibility index (Phi) is 5.75. The van der Waals surface area contributed by atoms with Gasteiger partial charge in [0.2, 0.25) is 0 Å². The molecule has 0 fully saturated rings. The maximum Gasteiger partial charge on any atom is 0.119 e. The molecule has 0 aliphatic carbocycles. The smallest absolute Gasteiger partial charge is 0.119 e. The minimum absolute atomic E-state index is 0.677. The largest absolute Gasteiger partial charge is 0.493 e. The van der Waals surface area contributed by atoms with Gasteiger partial charge in [-0.3, -0.25) is 0 Å². The topological polar surface area (TPSA) is 21.3 Å².